The van der Waals surface area contributed by atoms with Crippen molar-refractivity contribution in [1.82, 2.24) is 25.2 Å². The molecule has 0 unspecified atom stereocenters. The Morgan fingerprint density at radius 3 is 2.75 bits per heavy atom. The maximum atomic E-state index is 12.5. The minimum atomic E-state index is -0.189. The molecule has 1 N–H and O–H groups in total. The second kappa shape index (κ2) is 6.79. The molecule has 1 spiro atoms. The number of urea groups is 1. The first kappa shape index (κ1) is 17.5. The zero-order valence-electron chi connectivity index (χ0n) is 15.7. The number of fused-ring (bicyclic) bond motifs is 1. The normalized spacial score (nSPS) is 20.6. The van der Waals surface area contributed by atoms with Gasteiger partial charge in [0.05, 0.1) is 27.8 Å². The van der Waals surface area contributed by atoms with E-state index >= 15 is 0 Å². The Morgan fingerprint density at radius 2 is 1.96 bits per heavy atom. The molecule has 1 atom stereocenters. The fourth-order valence-corrected chi connectivity index (χ4v) is 4.93. The number of nitrogens with zero attached hydrogens (tertiary/aromatic N) is 5. The first-order valence-electron chi connectivity index (χ1n) is 9.57. The van der Waals surface area contributed by atoms with Crippen molar-refractivity contribution >= 4 is 33.5 Å². The summed E-state index contributed by atoms with van der Waals surface area (Å²) < 4.78 is 1.23. The fraction of sp³-hybridized carbons (Fsp3) is 0.400. The van der Waals surface area contributed by atoms with E-state index in [-0.39, 0.29) is 11.6 Å². The van der Waals surface area contributed by atoms with Crippen LogP contribution in [0.3, 0.4) is 0 Å². The van der Waals surface area contributed by atoms with E-state index < -0.39 is 0 Å². The number of thiazole rings is 1. The number of hydrogen-bond acceptors (Lipinski definition) is 6. The molecule has 0 saturated carbocycles. The van der Waals surface area contributed by atoms with Gasteiger partial charge in [0.25, 0.3) is 0 Å². The molecule has 2 amide bonds. The zero-order chi connectivity index (χ0) is 19.1. The Labute approximate surface area is 167 Å². The summed E-state index contributed by atoms with van der Waals surface area (Å²) >= 11 is 1.67. The number of carbonyl (C=O) groups is 1. The van der Waals surface area contributed by atoms with Gasteiger partial charge in [0.1, 0.15) is 0 Å². The highest BCUT2D eigenvalue weighted by atomic mass is 32.1. The van der Waals surface area contributed by atoms with Crippen LogP contribution in [-0.2, 0) is 0 Å². The van der Waals surface area contributed by atoms with Gasteiger partial charge >= 0.3 is 6.03 Å². The van der Waals surface area contributed by atoms with E-state index in [0.29, 0.717) is 18.5 Å². The largest absolute Gasteiger partial charge is 0.330 e. The molecule has 8 heteroatoms. The van der Waals surface area contributed by atoms with Crippen molar-refractivity contribution in [2.24, 2.45) is 0 Å². The van der Waals surface area contributed by atoms with Crippen LogP contribution in [0.2, 0.25) is 0 Å². The van der Waals surface area contributed by atoms with Crippen LogP contribution in [0.1, 0.15) is 31.4 Å². The standard InChI is InChI=1S/C20H22N6OS/c1-14(15-3-4-17-16(11-15)23-13-28-17)25-9-5-20(6-10-25)12-26(19(27)24-20)18-21-7-2-8-22-18/h2-4,7-8,11,13-14H,5-6,9-10,12H2,1H3,(H,24,27)/t14-/m1/s1. The highest BCUT2D eigenvalue weighted by molar-refractivity contribution is 7.16. The maximum absolute atomic E-state index is 12.5. The maximum Gasteiger partial charge on any atom is 0.324 e. The lowest BCUT2D eigenvalue weighted by Gasteiger charge is -2.41. The third kappa shape index (κ3) is 3.02. The summed E-state index contributed by atoms with van der Waals surface area (Å²) in [5.74, 6) is 0.476. The average molecular weight is 395 g/mol. The highest BCUT2D eigenvalue weighted by Gasteiger charge is 2.46. The molecule has 7 nitrogen and oxygen atoms in total. The highest BCUT2D eigenvalue weighted by Crippen LogP contribution is 2.34. The first-order chi connectivity index (χ1) is 13.6. The smallest absolute Gasteiger partial charge is 0.324 e. The number of rotatable bonds is 3. The summed E-state index contributed by atoms with van der Waals surface area (Å²) in [5.41, 5.74) is 4.08. The van der Waals surface area contributed by atoms with Gasteiger partial charge in [0.15, 0.2) is 0 Å². The average Bonchev–Trinajstić information content (AvgIpc) is 3.32. The first-order valence-corrected chi connectivity index (χ1v) is 10.5. The van der Waals surface area contributed by atoms with Gasteiger partial charge in [0, 0.05) is 31.5 Å². The summed E-state index contributed by atoms with van der Waals surface area (Å²) in [6.07, 6.45) is 5.19. The third-order valence-corrected chi connectivity index (χ3v) is 6.82. The molecule has 0 aliphatic carbocycles. The molecular formula is C20H22N6OS. The van der Waals surface area contributed by atoms with Crippen LogP contribution in [0.15, 0.2) is 42.2 Å². The molecule has 2 saturated heterocycles. The van der Waals surface area contributed by atoms with Gasteiger partial charge < -0.3 is 5.32 Å². The molecule has 0 bridgehead atoms. The van der Waals surface area contributed by atoms with E-state index in [1.54, 1.807) is 34.7 Å². The molecule has 144 valence electrons. The van der Waals surface area contributed by atoms with Gasteiger partial charge in [-0.15, -0.1) is 11.3 Å². The summed E-state index contributed by atoms with van der Waals surface area (Å²) in [7, 11) is 0. The summed E-state index contributed by atoms with van der Waals surface area (Å²) in [5, 5.41) is 3.21. The molecule has 0 radical (unpaired) electrons. The number of piperidine rings is 1. The van der Waals surface area contributed by atoms with E-state index in [1.165, 1.54) is 10.3 Å². The lowest BCUT2D eigenvalue weighted by molar-refractivity contribution is 0.121. The van der Waals surface area contributed by atoms with E-state index in [1.807, 2.05) is 5.51 Å². The summed E-state index contributed by atoms with van der Waals surface area (Å²) in [6, 6.07) is 8.57. The number of aromatic nitrogens is 3. The second-order valence-corrected chi connectivity index (χ2v) is 8.52. The van der Waals surface area contributed by atoms with Crippen LogP contribution in [0, 0.1) is 0 Å². The van der Waals surface area contributed by atoms with Crippen LogP contribution >= 0.6 is 11.3 Å². The number of amides is 2. The van der Waals surface area contributed by atoms with E-state index in [4.69, 9.17) is 0 Å². The number of hydrogen-bond donors (Lipinski definition) is 1. The van der Waals surface area contributed by atoms with Gasteiger partial charge in [-0.05, 0) is 43.5 Å². The van der Waals surface area contributed by atoms with Gasteiger partial charge in [-0.1, -0.05) is 6.07 Å². The molecule has 3 aromatic rings. The number of benzene rings is 1. The minimum absolute atomic E-state index is 0.0957. The van der Waals surface area contributed by atoms with Gasteiger partial charge in [0.2, 0.25) is 5.95 Å². The Hall–Kier alpha value is -2.58. The quantitative estimate of drug-likeness (QED) is 0.738. The lowest BCUT2D eigenvalue weighted by atomic mass is 9.87. The molecule has 2 aliphatic rings. The molecule has 2 aliphatic heterocycles. The molecule has 28 heavy (non-hydrogen) atoms. The van der Waals surface area contributed by atoms with Crippen LogP contribution < -0.4 is 10.2 Å². The van der Waals surface area contributed by atoms with Gasteiger partial charge in [-0.25, -0.2) is 19.7 Å². The Kier molecular flexibility index (Phi) is 4.25. The van der Waals surface area contributed by atoms with Crippen LogP contribution in [0.4, 0.5) is 10.7 Å². The molecular weight excluding hydrogens is 372 g/mol. The summed E-state index contributed by atoms with van der Waals surface area (Å²) in [4.78, 5) is 29.6. The van der Waals surface area contributed by atoms with Crippen molar-refractivity contribution in [1.29, 1.82) is 0 Å². The van der Waals surface area contributed by atoms with Crippen molar-refractivity contribution < 1.29 is 4.79 Å². The van der Waals surface area contributed by atoms with E-state index in [0.717, 1.165) is 31.4 Å². The molecule has 4 heterocycles. The van der Waals surface area contributed by atoms with Crippen molar-refractivity contribution in [3.8, 4) is 0 Å². The van der Waals surface area contributed by atoms with Crippen molar-refractivity contribution in [3.63, 3.8) is 0 Å². The predicted molar refractivity (Wildman–Crippen MR) is 109 cm³/mol. The number of nitrogens with one attached hydrogen (secondary N) is 1. The van der Waals surface area contributed by atoms with Gasteiger partial charge in [-0.2, -0.15) is 0 Å². The Balaban J connectivity index is 1.27. The second-order valence-electron chi connectivity index (χ2n) is 7.64. The summed E-state index contributed by atoms with van der Waals surface area (Å²) in [6.45, 7) is 4.77. The Morgan fingerprint density at radius 1 is 1.18 bits per heavy atom. The zero-order valence-corrected chi connectivity index (χ0v) is 16.5. The number of likely N-dealkylation sites (tertiary alicyclic amines) is 1. The van der Waals surface area contributed by atoms with Crippen LogP contribution in [0.5, 0.6) is 0 Å². The minimum Gasteiger partial charge on any atom is -0.330 e. The van der Waals surface area contributed by atoms with E-state index in [2.05, 4.69) is 50.3 Å². The van der Waals surface area contributed by atoms with E-state index in [9.17, 15) is 4.79 Å². The van der Waals surface area contributed by atoms with Crippen LogP contribution in [-0.4, -0.2) is 51.1 Å². The lowest BCUT2D eigenvalue weighted by Crippen LogP contribution is -2.52. The predicted octanol–water partition coefficient (Wildman–Crippen LogP) is 3.21. The number of carbonyl (C=O) groups excluding carboxylic acids is 1. The topological polar surface area (TPSA) is 74.2 Å². The molecule has 1 aromatic carbocycles. The third-order valence-electron chi connectivity index (χ3n) is 6.01. The van der Waals surface area contributed by atoms with Crippen molar-refractivity contribution in [3.05, 3.63) is 47.7 Å². The molecule has 5 rings (SSSR count). The molecule has 2 fully saturated rings. The molecule has 2 aromatic heterocycles. The van der Waals surface area contributed by atoms with Crippen molar-refractivity contribution in [2.45, 2.75) is 31.3 Å². The van der Waals surface area contributed by atoms with Gasteiger partial charge in [-0.3, -0.25) is 9.80 Å². The van der Waals surface area contributed by atoms with Crippen LogP contribution in [0.25, 0.3) is 10.2 Å². The SMILES string of the molecule is C[C@H](c1ccc2scnc2c1)N1CCC2(CC1)CN(c1ncccn1)C(=O)N2. The number of anilines is 1. The van der Waals surface area contributed by atoms with Crippen molar-refractivity contribution in [2.75, 3.05) is 24.5 Å². The Bertz CT molecular complexity index is 998. The fourth-order valence-electron chi connectivity index (χ4n) is 4.27. The monoisotopic (exact) mass is 394 g/mol.